The van der Waals surface area contributed by atoms with Crippen molar-refractivity contribution in [1.82, 2.24) is 10.2 Å². The van der Waals surface area contributed by atoms with Crippen LogP contribution in [0.3, 0.4) is 0 Å². The lowest BCUT2D eigenvalue weighted by molar-refractivity contribution is 0.558. The van der Waals surface area contributed by atoms with Gasteiger partial charge in [0, 0.05) is 6.20 Å². The van der Waals surface area contributed by atoms with Crippen molar-refractivity contribution in [3.8, 4) is 0 Å². The Bertz CT molecular complexity index is 263. The molecule has 0 spiro atoms. The Morgan fingerprint density at radius 1 is 1.67 bits per heavy atom. The monoisotopic (exact) mass is 165 g/mol. The highest BCUT2D eigenvalue weighted by molar-refractivity contribution is 5.27. The Morgan fingerprint density at radius 2 is 2.42 bits per heavy atom. The van der Waals surface area contributed by atoms with Gasteiger partial charge in [0.1, 0.15) is 0 Å². The zero-order valence-corrected chi connectivity index (χ0v) is 7.54. The molecule has 0 radical (unpaired) electrons. The van der Waals surface area contributed by atoms with Gasteiger partial charge >= 0.3 is 0 Å². The first-order valence-corrected chi connectivity index (χ1v) is 4.36. The van der Waals surface area contributed by atoms with Gasteiger partial charge in [0.25, 0.3) is 0 Å². The summed E-state index contributed by atoms with van der Waals surface area (Å²) in [6, 6.07) is 0. The molecule has 0 saturated heterocycles. The van der Waals surface area contributed by atoms with Crippen LogP contribution in [0.4, 0.5) is 0 Å². The van der Waals surface area contributed by atoms with E-state index in [4.69, 9.17) is 5.73 Å². The van der Waals surface area contributed by atoms with Crippen LogP contribution in [0.15, 0.2) is 12.4 Å². The molecule has 12 heavy (non-hydrogen) atoms. The van der Waals surface area contributed by atoms with Crippen LogP contribution < -0.4 is 5.73 Å². The molecule has 1 aliphatic carbocycles. The predicted molar refractivity (Wildman–Crippen MR) is 47.7 cm³/mol. The third-order valence-corrected chi connectivity index (χ3v) is 3.18. The first-order valence-electron chi connectivity index (χ1n) is 4.36. The topological polar surface area (TPSA) is 54.7 Å². The van der Waals surface area contributed by atoms with E-state index in [0.717, 1.165) is 6.54 Å². The summed E-state index contributed by atoms with van der Waals surface area (Å²) in [4.78, 5) is 0. The Labute approximate surface area is 72.4 Å². The normalized spacial score (nSPS) is 31.9. The van der Waals surface area contributed by atoms with E-state index >= 15 is 0 Å². The first kappa shape index (κ1) is 7.80. The average molecular weight is 165 g/mol. The van der Waals surface area contributed by atoms with Crippen molar-refractivity contribution >= 4 is 0 Å². The SMILES string of the molecule is CC1(C)[C@@H](CN)[C@@H]1c1cn[nH]c1. The lowest BCUT2D eigenvalue weighted by atomic mass is 10.1. The first-order chi connectivity index (χ1) is 5.68. The second-order valence-corrected chi connectivity index (χ2v) is 4.17. The third-order valence-electron chi connectivity index (χ3n) is 3.18. The molecule has 1 saturated carbocycles. The lowest BCUT2D eigenvalue weighted by Gasteiger charge is -1.98. The molecule has 1 fully saturated rings. The zero-order valence-electron chi connectivity index (χ0n) is 7.54. The minimum Gasteiger partial charge on any atom is -0.330 e. The Hall–Kier alpha value is -0.830. The van der Waals surface area contributed by atoms with E-state index in [1.165, 1.54) is 5.56 Å². The molecule has 3 heteroatoms. The summed E-state index contributed by atoms with van der Waals surface area (Å²) in [6.45, 7) is 5.31. The van der Waals surface area contributed by atoms with Gasteiger partial charge in [-0.15, -0.1) is 0 Å². The second kappa shape index (κ2) is 2.33. The average Bonchev–Trinajstić information content (AvgIpc) is 2.50. The Kier molecular flexibility index (Phi) is 1.51. The molecular formula is C9H15N3. The number of aromatic nitrogens is 2. The molecule has 0 bridgehead atoms. The van der Waals surface area contributed by atoms with Gasteiger partial charge in [0.05, 0.1) is 6.20 Å². The van der Waals surface area contributed by atoms with Gasteiger partial charge in [0.2, 0.25) is 0 Å². The minimum absolute atomic E-state index is 0.374. The van der Waals surface area contributed by atoms with Crippen LogP contribution in [-0.2, 0) is 0 Å². The van der Waals surface area contributed by atoms with E-state index in [2.05, 4.69) is 24.0 Å². The molecule has 2 rings (SSSR count). The summed E-state index contributed by atoms with van der Waals surface area (Å²) in [5.74, 6) is 1.25. The van der Waals surface area contributed by atoms with Crippen LogP contribution in [0.2, 0.25) is 0 Å². The standard InChI is InChI=1S/C9H15N3/c1-9(2)7(3-10)8(9)6-4-11-12-5-6/h4-5,7-8H,3,10H2,1-2H3,(H,11,12)/t7-,8-/m0/s1. The van der Waals surface area contributed by atoms with Gasteiger partial charge < -0.3 is 5.73 Å². The van der Waals surface area contributed by atoms with Crippen molar-refractivity contribution in [2.75, 3.05) is 6.54 Å². The van der Waals surface area contributed by atoms with Crippen molar-refractivity contribution in [3.63, 3.8) is 0 Å². The molecule has 3 N–H and O–H groups in total. The third kappa shape index (κ3) is 0.894. The quantitative estimate of drug-likeness (QED) is 0.689. The number of nitrogens with one attached hydrogen (secondary N) is 1. The summed E-state index contributed by atoms with van der Waals surface area (Å²) in [7, 11) is 0. The molecule has 0 amide bonds. The fourth-order valence-corrected chi connectivity index (χ4v) is 2.28. The van der Waals surface area contributed by atoms with Crippen molar-refractivity contribution in [1.29, 1.82) is 0 Å². The summed E-state index contributed by atoms with van der Waals surface area (Å²) in [5.41, 5.74) is 7.35. The molecule has 0 aromatic carbocycles. The highest BCUT2D eigenvalue weighted by Gasteiger charge is 2.57. The van der Waals surface area contributed by atoms with Gasteiger partial charge in [-0.2, -0.15) is 5.10 Å². The van der Waals surface area contributed by atoms with Crippen LogP contribution in [-0.4, -0.2) is 16.7 Å². The van der Waals surface area contributed by atoms with E-state index in [9.17, 15) is 0 Å². The fraction of sp³-hybridized carbons (Fsp3) is 0.667. The van der Waals surface area contributed by atoms with Crippen molar-refractivity contribution in [3.05, 3.63) is 18.0 Å². The molecule has 0 aliphatic heterocycles. The van der Waals surface area contributed by atoms with Crippen LogP contribution in [0.25, 0.3) is 0 Å². The number of hydrogen-bond acceptors (Lipinski definition) is 2. The number of nitrogens with zero attached hydrogens (tertiary/aromatic N) is 1. The van der Waals surface area contributed by atoms with Crippen molar-refractivity contribution in [2.45, 2.75) is 19.8 Å². The molecule has 2 atom stereocenters. The van der Waals surface area contributed by atoms with Crippen LogP contribution >= 0.6 is 0 Å². The van der Waals surface area contributed by atoms with Crippen LogP contribution in [0.1, 0.15) is 25.3 Å². The summed E-state index contributed by atoms with van der Waals surface area (Å²) < 4.78 is 0. The smallest absolute Gasteiger partial charge is 0.0522 e. The summed E-state index contributed by atoms with van der Waals surface area (Å²) >= 11 is 0. The largest absolute Gasteiger partial charge is 0.330 e. The molecule has 1 aromatic heterocycles. The van der Waals surface area contributed by atoms with E-state index in [-0.39, 0.29) is 0 Å². The maximum absolute atomic E-state index is 5.68. The molecule has 1 aromatic rings. The fourth-order valence-electron chi connectivity index (χ4n) is 2.28. The van der Waals surface area contributed by atoms with Gasteiger partial charge in [-0.05, 0) is 29.4 Å². The van der Waals surface area contributed by atoms with Gasteiger partial charge in [-0.3, -0.25) is 5.10 Å². The highest BCUT2D eigenvalue weighted by atomic mass is 15.1. The molecule has 1 heterocycles. The molecule has 66 valence electrons. The summed E-state index contributed by atoms with van der Waals surface area (Å²) in [6.07, 6.45) is 3.88. The van der Waals surface area contributed by atoms with Gasteiger partial charge in [-0.25, -0.2) is 0 Å². The zero-order chi connectivity index (χ0) is 8.77. The highest BCUT2D eigenvalue weighted by Crippen LogP contribution is 2.63. The molecular weight excluding hydrogens is 150 g/mol. The van der Waals surface area contributed by atoms with E-state index < -0.39 is 0 Å². The van der Waals surface area contributed by atoms with Crippen LogP contribution in [0, 0.1) is 11.3 Å². The number of H-pyrrole nitrogens is 1. The molecule has 3 nitrogen and oxygen atoms in total. The van der Waals surface area contributed by atoms with Crippen molar-refractivity contribution < 1.29 is 0 Å². The van der Waals surface area contributed by atoms with Crippen molar-refractivity contribution in [2.24, 2.45) is 17.1 Å². The molecule has 0 unspecified atom stereocenters. The Morgan fingerprint density at radius 3 is 2.83 bits per heavy atom. The minimum atomic E-state index is 0.374. The second-order valence-electron chi connectivity index (χ2n) is 4.17. The maximum Gasteiger partial charge on any atom is 0.0522 e. The maximum atomic E-state index is 5.68. The van der Waals surface area contributed by atoms with Gasteiger partial charge in [0.15, 0.2) is 0 Å². The predicted octanol–water partition coefficient (Wildman–Crippen LogP) is 1.11. The van der Waals surface area contributed by atoms with E-state index in [1.54, 1.807) is 0 Å². The molecule has 1 aliphatic rings. The van der Waals surface area contributed by atoms with E-state index in [0.29, 0.717) is 17.3 Å². The number of hydrogen-bond donors (Lipinski definition) is 2. The number of aromatic amines is 1. The number of nitrogens with two attached hydrogens (primary N) is 1. The summed E-state index contributed by atoms with van der Waals surface area (Å²) in [5, 5.41) is 6.79. The lowest BCUT2D eigenvalue weighted by Crippen LogP contribution is -2.05. The van der Waals surface area contributed by atoms with Crippen LogP contribution in [0.5, 0.6) is 0 Å². The van der Waals surface area contributed by atoms with Gasteiger partial charge in [-0.1, -0.05) is 13.8 Å². The number of rotatable bonds is 2. The Balaban J connectivity index is 2.19. The van der Waals surface area contributed by atoms with E-state index in [1.807, 2.05) is 12.4 Å².